The van der Waals surface area contributed by atoms with Gasteiger partial charge in [-0.1, -0.05) is 6.42 Å². The fourth-order valence-corrected chi connectivity index (χ4v) is 8.42. The number of carbonyl (C=O) groups is 14. The molecule has 474 valence electrons. The molecule has 85 heavy (non-hydrogen) atoms. The lowest BCUT2D eigenvalue weighted by molar-refractivity contribution is -0.146. The number of unbranched alkanes of at least 4 members (excludes halogenated alkanes) is 2. The molecule has 4 atom stereocenters. The quantitative estimate of drug-likeness (QED) is 0.0175. The predicted molar refractivity (Wildman–Crippen MR) is 292 cm³/mol. The van der Waals surface area contributed by atoms with E-state index >= 15 is 0 Å². The maximum atomic E-state index is 13.6. The fourth-order valence-electron chi connectivity index (χ4n) is 8.42. The van der Waals surface area contributed by atoms with Crippen molar-refractivity contribution in [2.75, 3.05) is 117 Å². The van der Waals surface area contributed by atoms with Crippen LogP contribution >= 0.6 is 0 Å². The Morgan fingerprint density at radius 2 is 0.965 bits per heavy atom. The van der Waals surface area contributed by atoms with Crippen molar-refractivity contribution in [1.82, 2.24) is 51.5 Å². The Labute approximate surface area is 487 Å². The van der Waals surface area contributed by atoms with Gasteiger partial charge in [0.2, 0.25) is 11.8 Å². The summed E-state index contributed by atoms with van der Waals surface area (Å²) in [6.07, 6.45) is -2.16. The number of carboxylic acids is 7. The molecule has 6 amide bonds. The molecule has 34 nitrogen and oxygen atoms in total. The summed E-state index contributed by atoms with van der Waals surface area (Å²) in [7, 11) is 0. The summed E-state index contributed by atoms with van der Waals surface area (Å²) in [6.45, 7) is 0.210. The van der Waals surface area contributed by atoms with Gasteiger partial charge < -0.3 is 82.4 Å². The highest BCUT2D eigenvalue weighted by molar-refractivity contribution is 6.01. The molecule has 2 rings (SSSR count). The highest BCUT2D eigenvalue weighted by Gasteiger charge is 2.27. The molecule has 4 unspecified atom stereocenters. The third kappa shape index (κ3) is 32.6. The third-order valence-electron chi connectivity index (χ3n) is 12.8. The zero-order valence-corrected chi connectivity index (χ0v) is 46.7. The van der Waals surface area contributed by atoms with Crippen LogP contribution in [0.5, 0.6) is 0 Å². The first kappa shape index (κ1) is 72.3. The van der Waals surface area contributed by atoms with Crippen LogP contribution in [0.25, 0.3) is 0 Å². The molecule has 0 aromatic heterocycles. The van der Waals surface area contributed by atoms with Crippen molar-refractivity contribution in [2.24, 2.45) is 5.92 Å². The van der Waals surface area contributed by atoms with E-state index in [2.05, 4.69) is 42.0 Å². The number of benzene rings is 1. The monoisotopic (exact) mass is 1210 g/mol. The average molecular weight is 1210 g/mol. The second-order valence-electron chi connectivity index (χ2n) is 19.5. The number of urea groups is 1. The second-order valence-corrected chi connectivity index (χ2v) is 19.5. The molecule has 0 spiro atoms. The zero-order chi connectivity index (χ0) is 63.3. The van der Waals surface area contributed by atoms with Crippen molar-refractivity contribution in [3.05, 3.63) is 29.3 Å². The summed E-state index contributed by atoms with van der Waals surface area (Å²) in [6, 6.07) is 0.0960. The molecule has 0 aliphatic carbocycles. The van der Waals surface area contributed by atoms with Crippen LogP contribution in [0.1, 0.15) is 84.9 Å². The van der Waals surface area contributed by atoms with Crippen LogP contribution in [0.2, 0.25) is 0 Å². The summed E-state index contributed by atoms with van der Waals surface area (Å²) in [5.74, 6) is -12.7. The third-order valence-corrected chi connectivity index (χ3v) is 12.8. The Bertz CT molecular complexity index is 2400. The molecule has 14 N–H and O–H groups in total. The molecule has 1 aromatic carbocycles. The van der Waals surface area contributed by atoms with E-state index in [0.717, 1.165) is 0 Å². The number of hydrogen-bond donors (Lipinski definition) is 14. The van der Waals surface area contributed by atoms with Crippen LogP contribution in [-0.4, -0.2) is 269 Å². The zero-order valence-electron chi connectivity index (χ0n) is 46.7. The molecule has 1 heterocycles. The van der Waals surface area contributed by atoms with Gasteiger partial charge in [0.1, 0.15) is 12.1 Å². The molecule has 1 aromatic rings. The van der Waals surface area contributed by atoms with Crippen LogP contribution < -0.4 is 37.2 Å². The van der Waals surface area contributed by atoms with E-state index in [9.17, 15) is 97.8 Å². The van der Waals surface area contributed by atoms with Gasteiger partial charge in [0.05, 0.1) is 38.7 Å². The van der Waals surface area contributed by atoms with E-state index in [4.69, 9.17) is 9.84 Å². The number of ether oxygens (including phenoxy) is 2. The number of aliphatic carboxylic acids is 7. The summed E-state index contributed by atoms with van der Waals surface area (Å²) in [4.78, 5) is 175. The highest BCUT2D eigenvalue weighted by Crippen LogP contribution is 2.17. The van der Waals surface area contributed by atoms with Gasteiger partial charge in [0.15, 0.2) is 6.23 Å². The van der Waals surface area contributed by atoms with Gasteiger partial charge in [-0.15, -0.1) is 0 Å². The molecular weight excluding hydrogens is 1130 g/mol. The molecule has 34 heteroatoms. The molecule has 1 aliphatic heterocycles. The van der Waals surface area contributed by atoms with E-state index in [1.807, 2.05) is 0 Å². The maximum Gasteiger partial charge on any atom is 0.326 e. The van der Waals surface area contributed by atoms with Gasteiger partial charge in [-0.05, 0) is 50.3 Å². The van der Waals surface area contributed by atoms with Crippen LogP contribution in [0.3, 0.4) is 0 Å². The van der Waals surface area contributed by atoms with Gasteiger partial charge in [0, 0.05) is 121 Å². The van der Waals surface area contributed by atoms with Crippen molar-refractivity contribution in [3.63, 3.8) is 0 Å². The normalized spacial score (nSPS) is 15.0. The lowest BCUT2D eigenvalue weighted by atomic mass is 9.97. The summed E-state index contributed by atoms with van der Waals surface area (Å²) >= 11 is 0. The maximum absolute atomic E-state index is 13.6. The lowest BCUT2D eigenvalue weighted by Crippen LogP contribution is -2.50. The Morgan fingerprint density at radius 1 is 0.482 bits per heavy atom. The number of nitrogens with zero attached hydrogens (tertiary/aromatic N) is 4. The Kier molecular flexibility index (Phi) is 34.4. The van der Waals surface area contributed by atoms with Gasteiger partial charge in [-0.2, -0.15) is 0 Å². The van der Waals surface area contributed by atoms with E-state index in [0.29, 0.717) is 0 Å². The number of carboxylic acid groups (broad SMARTS) is 7. The van der Waals surface area contributed by atoms with Crippen molar-refractivity contribution >= 4 is 90.1 Å². The van der Waals surface area contributed by atoms with Crippen LogP contribution in [0, 0.1) is 5.92 Å². The number of hydrogen-bond acceptors (Lipinski definition) is 21. The first-order valence-electron chi connectivity index (χ1n) is 27.1. The van der Waals surface area contributed by atoms with Crippen LogP contribution in [0.15, 0.2) is 18.2 Å². The molecule has 1 saturated heterocycles. The van der Waals surface area contributed by atoms with E-state index in [1.54, 1.807) is 19.6 Å². The summed E-state index contributed by atoms with van der Waals surface area (Å²) in [5.41, 5.74) is 0.249. The van der Waals surface area contributed by atoms with Crippen molar-refractivity contribution in [3.8, 4) is 0 Å². The van der Waals surface area contributed by atoms with E-state index < -0.39 is 115 Å². The standard InChI is InChI=1S/C51H77N11O23/c63-31-84-22-9-38(50(81)82)56-39(65)26-33(48(77)78)5-1-3-10-54-46(75)34-23-35(47(76)55-11-4-2-6-41(85-32-64)58-51(83)57-37(49(79)80)7-8-42(67)68)25-36(24-34)52-12-13-53-40(66)27-59-14-16-60(28-43(69)70)18-20-62(30-45(73)74)21-19-61(17-15-59)29-44(71)72/h23-25,31-33,37-38,41,52H,1-22,26-30H2,(H,53,66)(H,54,75)(H,55,76)(H,56,65)(H,67,68)(H,69,70)(H,71,72)(H,73,74)(H,77,78)(H,79,80)(H,81,82)(H2,57,58,83). The molecule has 1 fully saturated rings. The fraction of sp³-hybridized carbons (Fsp3) is 0.608. The Balaban J connectivity index is 2.19. The Morgan fingerprint density at radius 3 is 1.41 bits per heavy atom. The van der Waals surface area contributed by atoms with Crippen molar-refractivity contribution < 1.29 is 112 Å². The highest BCUT2D eigenvalue weighted by atomic mass is 16.5. The van der Waals surface area contributed by atoms with Gasteiger partial charge in [-0.3, -0.25) is 72.3 Å². The molecule has 0 radical (unpaired) electrons. The van der Waals surface area contributed by atoms with Gasteiger partial charge in [-0.25, -0.2) is 14.4 Å². The smallest absolute Gasteiger partial charge is 0.326 e. The number of carbonyl (C=O) groups excluding carboxylic acids is 7. The first-order chi connectivity index (χ1) is 40.4. The summed E-state index contributed by atoms with van der Waals surface area (Å²) < 4.78 is 9.37. The average Bonchev–Trinajstić information content (AvgIpc) is 3.64. The van der Waals surface area contributed by atoms with Crippen molar-refractivity contribution in [2.45, 2.75) is 82.5 Å². The topological polar surface area (TPSA) is 496 Å². The van der Waals surface area contributed by atoms with Gasteiger partial charge in [0.25, 0.3) is 24.8 Å². The van der Waals surface area contributed by atoms with Gasteiger partial charge >= 0.3 is 47.8 Å². The van der Waals surface area contributed by atoms with Crippen molar-refractivity contribution in [1.29, 1.82) is 0 Å². The number of anilines is 1. The minimum absolute atomic E-state index is 0.000469. The van der Waals surface area contributed by atoms with Crippen LogP contribution in [0.4, 0.5) is 10.5 Å². The summed E-state index contributed by atoms with van der Waals surface area (Å²) in [5, 5.41) is 83.7. The largest absolute Gasteiger partial charge is 0.481 e. The number of rotatable bonds is 41. The number of amides is 6. The molecule has 0 bridgehead atoms. The predicted octanol–water partition coefficient (Wildman–Crippen LogP) is -3.17. The second kappa shape index (κ2) is 40.5. The molecular formula is C51H77N11O23. The minimum Gasteiger partial charge on any atom is -0.481 e. The van der Waals surface area contributed by atoms with E-state index in [1.165, 1.54) is 18.2 Å². The lowest BCUT2D eigenvalue weighted by Gasteiger charge is -2.32. The molecule has 1 aliphatic rings. The first-order valence-corrected chi connectivity index (χ1v) is 27.1. The molecule has 0 saturated carbocycles. The van der Waals surface area contributed by atoms with E-state index in [-0.39, 0.29) is 186 Å². The number of nitrogens with one attached hydrogen (secondary N) is 7. The minimum atomic E-state index is -1.56. The SMILES string of the molecule is O=COCCC(NC(=O)CC(CCCCNC(=O)c1cc(NCCNC(=O)CN2CCN(CC(=O)O)CCN(CC(=O)O)CCN(CC(=O)O)CC2)cc(C(=O)NCCCCC(NC(=O)NC(CCC(=O)O)C(=O)O)OC=O)c1)C(=O)O)C(=O)O. The Hall–Kier alpha value is -8.76. The van der Waals surface area contributed by atoms with Crippen LogP contribution in [-0.2, 0) is 62.2 Å².